The topological polar surface area (TPSA) is 58.1 Å². The predicted octanol–water partition coefficient (Wildman–Crippen LogP) is 3.46. The van der Waals surface area contributed by atoms with Gasteiger partial charge in [-0.2, -0.15) is 0 Å². The van der Waals surface area contributed by atoms with Crippen LogP contribution in [0.25, 0.3) is 0 Å². The standard InChI is InChI=1S/C21H30N4O2S/c1-3-25(2)12-11-23-21(22-10-9-18-6-4-15-28-18)24-17-7-8-19-20(16-17)27-14-5-13-26-19/h4,6-8,15-16H,3,5,9-14H2,1-2H3,(H2,22,23,24). The van der Waals surface area contributed by atoms with E-state index >= 15 is 0 Å². The van der Waals surface area contributed by atoms with Crippen molar-refractivity contribution in [3.05, 3.63) is 40.6 Å². The van der Waals surface area contributed by atoms with Gasteiger partial charge in [0.25, 0.3) is 0 Å². The van der Waals surface area contributed by atoms with Gasteiger partial charge < -0.3 is 25.0 Å². The summed E-state index contributed by atoms with van der Waals surface area (Å²) in [5, 5.41) is 8.97. The Morgan fingerprint density at radius 2 is 2.07 bits per heavy atom. The van der Waals surface area contributed by atoms with Crippen molar-refractivity contribution in [1.29, 1.82) is 0 Å². The van der Waals surface area contributed by atoms with Crippen LogP contribution >= 0.6 is 11.3 Å². The van der Waals surface area contributed by atoms with E-state index in [0.717, 1.165) is 62.2 Å². The van der Waals surface area contributed by atoms with Gasteiger partial charge in [-0.25, -0.2) is 0 Å². The first kappa shape index (κ1) is 20.5. The molecule has 2 aromatic rings. The van der Waals surface area contributed by atoms with E-state index in [9.17, 15) is 0 Å². The van der Waals surface area contributed by atoms with Crippen molar-refractivity contribution in [3.63, 3.8) is 0 Å². The third-order valence-electron chi connectivity index (χ3n) is 4.55. The van der Waals surface area contributed by atoms with Crippen LogP contribution < -0.4 is 20.1 Å². The van der Waals surface area contributed by atoms with E-state index in [4.69, 9.17) is 14.5 Å². The fraction of sp³-hybridized carbons (Fsp3) is 0.476. The number of hydrogen-bond acceptors (Lipinski definition) is 5. The van der Waals surface area contributed by atoms with Crippen molar-refractivity contribution in [2.24, 2.45) is 4.99 Å². The van der Waals surface area contributed by atoms with E-state index in [1.807, 2.05) is 18.2 Å². The number of aliphatic imine (C=N–C) groups is 1. The lowest BCUT2D eigenvalue weighted by Gasteiger charge is -2.16. The first-order valence-corrected chi connectivity index (χ1v) is 10.8. The molecule has 0 bridgehead atoms. The van der Waals surface area contributed by atoms with Crippen LogP contribution in [0.4, 0.5) is 5.69 Å². The molecule has 6 nitrogen and oxygen atoms in total. The molecule has 7 heteroatoms. The number of guanidine groups is 1. The predicted molar refractivity (Wildman–Crippen MR) is 117 cm³/mol. The molecule has 1 aromatic carbocycles. The van der Waals surface area contributed by atoms with Crippen molar-refractivity contribution in [1.82, 2.24) is 10.2 Å². The second kappa shape index (κ2) is 10.9. The van der Waals surface area contributed by atoms with E-state index in [2.05, 4.69) is 47.0 Å². The fourth-order valence-corrected chi connectivity index (χ4v) is 3.48. The highest BCUT2D eigenvalue weighted by molar-refractivity contribution is 7.09. The highest BCUT2D eigenvalue weighted by Gasteiger charge is 2.11. The lowest BCUT2D eigenvalue weighted by atomic mass is 10.2. The molecule has 2 heterocycles. The van der Waals surface area contributed by atoms with E-state index in [-0.39, 0.29) is 0 Å². The monoisotopic (exact) mass is 402 g/mol. The maximum atomic E-state index is 5.80. The molecule has 2 N–H and O–H groups in total. The Hall–Kier alpha value is -2.25. The van der Waals surface area contributed by atoms with Gasteiger partial charge >= 0.3 is 0 Å². The number of likely N-dealkylation sites (N-methyl/N-ethyl adjacent to an activating group) is 1. The largest absolute Gasteiger partial charge is 0.490 e. The number of rotatable bonds is 8. The van der Waals surface area contributed by atoms with Gasteiger partial charge in [-0.1, -0.05) is 13.0 Å². The maximum absolute atomic E-state index is 5.80. The number of hydrogen-bond donors (Lipinski definition) is 2. The van der Waals surface area contributed by atoms with Gasteiger partial charge in [-0.05, 0) is 43.6 Å². The lowest BCUT2D eigenvalue weighted by molar-refractivity contribution is 0.297. The third-order valence-corrected chi connectivity index (χ3v) is 5.48. The molecular weight excluding hydrogens is 372 g/mol. The first-order valence-electron chi connectivity index (χ1n) is 9.90. The molecule has 0 aliphatic carbocycles. The molecule has 0 unspecified atom stereocenters. The first-order chi connectivity index (χ1) is 13.7. The molecule has 1 aliphatic heterocycles. The second-order valence-corrected chi connectivity index (χ2v) is 7.75. The van der Waals surface area contributed by atoms with Crippen molar-refractivity contribution >= 4 is 23.0 Å². The van der Waals surface area contributed by atoms with Crippen LogP contribution in [-0.4, -0.2) is 57.3 Å². The van der Waals surface area contributed by atoms with Gasteiger partial charge in [-0.3, -0.25) is 4.99 Å². The summed E-state index contributed by atoms with van der Waals surface area (Å²) >= 11 is 1.78. The van der Waals surface area contributed by atoms with E-state index in [0.29, 0.717) is 13.2 Å². The zero-order chi connectivity index (χ0) is 19.6. The van der Waals surface area contributed by atoms with Crippen LogP contribution in [0.3, 0.4) is 0 Å². The highest BCUT2D eigenvalue weighted by atomic mass is 32.1. The zero-order valence-electron chi connectivity index (χ0n) is 16.7. The Labute approximate surface area is 171 Å². The molecular formula is C21H30N4O2S. The summed E-state index contributed by atoms with van der Waals surface area (Å²) in [7, 11) is 2.11. The minimum Gasteiger partial charge on any atom is -0.490 e. The Bertz CT molecular complexity index is 749. The number of fused-ring (bicyclic) bond motifs is 1. The molecule has 0 saturated heterocycles. The van der Waals surface area contributed by atoms with Crippen LogP contribution in [0.15, 0.2) is 40.7 Å². The number of anilines is 1. The second-order valence-electron chi connectivity index (χ2n) is 6.72. The summed E-state index contributed by atoms with van der Waals surface area (Å²) in [5.74, 6) is 2.37. The lowest BCUT2D eigenvalue weighted by Crippen LogP contribution is -2.33. The molecule has 28 heavy (non-hydrogen) atoms. The van der Waals surface area contributed by atoms with Crippen LogP contribution in [0.5, 0.6) is 11.5 Å². The molecule has 0 spiro atoms. The number of benzene rings is 1. The zero-order valence-corrected chi connectivity index (χ0v) is 17.6. The van der Waals surface area contributed by atoms with E-state index in [1.54, 1.807) is 11.3 Å². The molecule has 0 amide bonds. The van der Waals surface area contributed by atoms with Gasteiger partial charge in [0.15, 0.2) is 17.5 Å². The maximum Gasteiger partial charge on any atom is 0.195 e. The molecule has 152 valence electrons. The minimum absolute atomic E-state index is 0.680. The SMILES string of the molecule is CCN(C)CCN=C(NCCc1cccs1)Nc1ccc2c(c1)OCCCO2. The normalized spacial score (nSPS) is 14.0. The average Bonchev–Trinajstić information content (AvgIpc) is 3.11. The van der Waals surface area contributed by atoms with Gasteiger partial charge in [0.2, 0.25) is 0 Å². The highest BCUT2D eigenvalue weighted by Crippen LogP contribution is 2.32. The summed E-state index contributed by atoms with van der Waals surface area (Å²) < 4.78 is 11.5. The summed E-state index contributed by atoms with van der Waals surface area (Å²) in [6.07, 6.45) is 1.88. The van der Waals surface area contributed by atoms with Crippen molar-refractivity contribution in [2.75, 3.05) is 51.8 Å². The summed E-state index contributed by atoms with van der Waals surface area (Å²) in [6.45, 7) is 7.05. The summed E-state index contributed by atoms with van der Waals surface area (Å²) in [4.78, 5) is 8.36. The van der Waals surface area contributed by atoms with Gasteiger partial charge in [0.1, 0.15) is 0 Å². The van der Waals surface area contributed by atoms with E-state index < -0.39 is 0 Å². The fourth-order valence-electron chi connectivity index (χ4n) is 2.77. The van der Waals surface area contributed by atoms with Crippen molar-refractivity contribution in [2.45, 2.75) is 19.8 Å². The van der Waals surface area contributed by atoms with Gasteiger partial charge in [-0.15, -0.1) is 11.3 Å². The molecule has 0 radical (unpaired) electrons. The summed E-state index contributed by atoms with van der Waals surface area (Å²) in [5.41, 5.74) is 0.940. The number of thiophene rings is 1. The third kappa shape index (κ3) is 6.42. The quantitative estimate of drug-likeness (QED) is 0.523. The van der Waals surface area contributed by atoms with Crippen molar-refractivity contribution < 1.29 is 9.47 Å². The molecule has 1 aliphatic rings. The van der Waals surface area contributed by atoms with Gasteiger partial charge in [0, 0.05) is 36.1 Å². The van der Waals surface area contributed by atoms with Crippen LogP contribution in [0.1, 0.15) is 18.2 Å². The van der Waals surface area contributed by atoms with Gasteiger partial charge in [0.05, 0.1) is 19.8 Å². The number of ether oxygens (including phenoxy) is 2. The van der Waals surface area contributed by atoms with Crippen LogP contribution in [-0.2, 0) is 6.42 Å². The summed E-state index contributed by atoms with van der Waals surface area (Å²) in [6, 6.07) is 10.2. The Balaban J connectivity index is 1.63. The molecule has 0 atom stereocenters. The minimum atomic E-state index is 0.680. The van der Waals surface area contributed by atoms with Crippen LogP contribution in [0.2, 0.25) is 0 Å². The average molecular weight is 403 g/mol. The number of nitrogens with one attached hydrogen (secondary N) is 2. The van der Waals surface area contributed by atoms with Crippen molar-refractivity contribution in [3.8, 4) is 11.5 Å². The molecule has 1 aromatic heterocycles. The molecule has 0 saturated carbocycles. The number of nitrogens with zero attached hydrogens (tertiary/aromatic N) is 2. The Morgan fingerprint density at radius 3 is 2.86 bits per heavy atom. The molecule has 0 fully saturated rings. The Kier molecular flexibility index (Phi) is 7.99. The smallest absolute Gasteiger partial charge is 0.195 e. The van der Waals surface area contributed by atoms with Crippen LogP contribution in [0, 0.1) is 0 Å². The van der Waals surface area contributed by atoms with E-state index in [1.165, 1.54) is 4.88 Å². The molecule has 3 rings (SSSR count). The Morgan fingerprint density at radius 1 is 1.21 bits per heavy atom.